The van der Waals surface area contributed by atoms with Crippen molar-refractivity contribution < 1.29 is 4.79 Å². The first-order valence-corrected chi connectivity index (χ1v) is 9.08. The molecule has 1 aromatic heterocycles. The molecule has 0 saturated carbocycles. The summed E-state index contributed by atoms with van der Waals surface area (Å²) in [5, 5.41) is 5.11. The number of hydrogen-bond donors (Lipinski definition) is 0. The normalized spacial score (nSPS) is 19.2. The number of benzene rings is 2. The molecule has 1 aliphatic heterocycles. The van der Waals surface area contributed by atoms with E-state index in [1.165, 1.54) is 6.33 Å². The third kappa shape index (κ3) is 2.88. The molecular weight excluding hydrogens is 348 g/mol. The molecule has 26 heavy (non-hydrogen) atoms. The van der Waals surface area contributed by atoms with Crippen molar-refractivity contribution in [1.29, 1.82) is 0 Å². The van der Waals surface area contributed by atoms with Crippen LogP contribution in [0.25, 0.3) is 0 Å². The Balaban J connectivity index is 1.83. The molecule has 0 N–H and O–H groups in total. The SMILES string of the molecule is CCC(=O)N1c2ncnn2C(c2ccc(Cl)cc2)CC1c1ccccc1. The van der Waals surface area contributed by atoms with Crippen LogP contribution in [0.4, 0.5) is 5.95 Å². The van der Waals surface area contributed by atoms with Gasteiger partial charge in [-0.05, 0) is 29.7 Å². The molecular formula is C20H19ClN4O. The number of anilines is 1. The minimum Gasteiger partial charge on any atom is -0.274 e. The van der Waals surface area contributed by atoms with E-state index in [1.54, 1.807) is 4.90 Å². The van der Waals surface area contributed by atoms with Crippen LogP contribution >= 0.6 is 11.6 Å². The van der Waals surface area contributed by atoms with Gasteiger partial charge in [-0.15, -0.1) is 0 Å². The molecule has 4 rings (SSSR count). The minimum atomic E-state index is -0.0824. The molecule has 0 fully saturated rings. The van der Waals surface area contributed by atoms with E-state index in [0.29, 0.717) is 17.4 Å². The van der Waals surface area contributed by atoms with Crippen molar-refractivity contribution in [3.8, 4) is 0 Å². The van der Waals surface area contributed by atoms with Crippen LogP contribution in [-0.4, -0.2) is 20.7 Å². The molecule has 2 heterocycles. The lowest BCUT2D eigenvalue weighted by molar-refractivity contribution is -0.119. The number of halogens is 1. The average molecular weight is 367 g/mol. The Morgan fingerprint density at radius 2 is 1.77 bits per heavy atom. The zero-order valence-electron chi connectivity index (χ0n) is 14.4. The van der Waals surface area contributed by atoms with E-state index in [-0.39, 0.29) is 18.0 Å². The maximum Gasteiger partial charge on any atom is 0.231 e. The fourth-order valence-corrected chi connectivity index (χ4v) is 3.70. The van der Waals surface area contributed by atoms with E-state index in [4.69, 9.17) is 11.6 Å². The molecule has 132 valence electrons. The Bertz CT molecular complexity index is 907. The second-order valence-electron chi connectivity index (χ2n) is 6.35. The molecule has 2 aromatic carbocycles. The van der Waals surface area contributed by atoms with Gasteiger partial charge in [-0.3, -0.25) is 9.69 Å². The van der Waals surface area contributed by atoms with Crippen LogP contribution in [0.3, 0.4) is 0 Å². The van der Waals surface area contributed by atoms with Gasteiger partial charge >= 0.3 is 0 Å². The van der Waals surface area contributed by atoms with Crippen LogP contribution in [0.15, 0.2) is 60.9 Å². The summed E-state index contributed by atoms with van der Waals surface area (Å²) in [6.45, 7) is 1.87. The molecule has 2 atom stereocenters. The van der Waals surface area contributed by atoms with E-state index in [2.05, 4.69) is 22.2 Å². The van der Waals surface area contributed by atoms with Gasteiger partial charge in [-0.1, -0.05) is 61.0 Å². The van der Waals surface area contributed by atoms with Crippen LogP contribution in [0.1, 0.15) is 43.0 Å². The van der Waals surface area contributed by atoms with Gasteiger partial charge in [-0.2, -0.15) is 10.1 Å². The highest BCUT2D eigenvalue weighted by Crippen LogP contribution is 2.42. The van der Waals surface area contributed by atoms with Crippen LogP contribution in [0, 0.1) is 0 Å². The van der Waals surface area contributed by atoms with Crippen molar-refractivity contribution in [2.75, 3.05) is 4.90 Å². The Labute approximate surface area is 157 Å². The standard InChI is InChI=1S/C20H19ClN4O/c1-2-19(26)24-17(14-6-4-3-5-7-14)12-18(25-20(24)22-13-23-25)15-8-10-16(21)11-9-15/h3-11,13,17-18H,2,12H2,1H3. The van der Waals surface area contributed by atoms with Crippen LogP contribution in [0.5, 0.6) is 0 Å². The third-order valence-electron chi connectivity index (χ3n) is 4.83. The molecule has 1 amide bonds. The number of hydrogen-bond acceptors (Lipinski definition) is 3. The second-order valence-corrected chi connectivity index (χ2v) is 6.79. The lowest BCUT2D eigenvalue weighted by atomic mass is 9.92. The number of carbonyl (C=O) groups is 1. The Kier molecular flexibility index (Phi) is 4.47. The van der Waals surface area contributed by atoms with Crippen molar-refractivity contribution in [2.24, 2.45) is 0 Å². The summed E-state index contributed by atoms with van der Waals surface area (Å²) >= 11 is 6.05. The number of nitrogens with zero attached hydrogens (tertiary/aromatic N) is 4. The van der Waals surface area contributed by atoms with Gasteiger partial charge in [0.15, 0.2) is 0 Å². The highest BCUT2D eigenvalue weighted by molar-refractivity contribution is 6.30. The first-order valence-electron chi connectivity index (χ1n) is 8.71. The van der Waals surface area contributed by atoms with E-state index in [9.17, 15) is 4.79 Å². The molecule has 0 bridgehead atoms. The first kappa shape index (κ1) is 16.8. The Hall–Kier alpha value is -2.66. The molecule has 5 nitrogen and oxygen atoms in total. The van der Waals surface area contributed by atoms with E-state index in [0.717, 1.165) is 17.5 Å². The molecule has 3 aromatic rings. The lowest BCUT2D eigenvalue weighted by Crippen LogP contribution is -2.42. The fraction of sp³-hybridized carbons (Fsp3) is 0.250. The summed E-state index contributed by atoms with van der Waals surface area (Å²) in [7, 11) is 0. The predicted octanol–water partition coefficient (Wildman–Crippen LogP) is 4.41. The molecule has 0 saturated heterocycles. The number of rotatable bonds is 3. The molecule has 6 heteroatoms. The van der Waals surface area contributed by atoms with E-state index in [1.807, 2.05) is 54.1 Å². The van der Waals surface area contributed by atoms with Gasteiger partial charge < -0.3 is 0 Å². The first-order chi connectivity index (χ1) is 12.7. The van der Waals surface area contributed by atoms with Crippen molar-refractivity contribution >= 4 is 23.5 Å². The average Bonchev–Trinajstić information content (AvgIpc) is 3.17. The molecule has 0 aliphatic carbocycles. The smallest absolute Gasteiger partial charge is 0.231 e. The largest absolute Gasteiger partial charge is 0.274 e. The molecule has 0 spiro atoms. The predicted molar refractivity (Wildman–Crippen MR) is 101 cm³/mol. The number of fused-ring (bicyclic) bond motifs is 1. The number of amides is 1. The second kappa shape index (κ2) is 6.92. The Morgan fingerprint density at radius 1 is 1.08 bits per heavy atom. The summed E-state index contributed by atoms with van der Waals surface area (Å²) in [4.78, 5) is 18.9. The summed E-state index contributed by atoms with van der Waals surface area (Å²) in [6, 6.07) is 17.8. The van der Waals surface area contributed by atoms with Crippen LogP contribution in [-0.2, 0) is 4.79 Å². The van der Waals surface area contributed by atoms with Gasteiger partial charge in [0.2, 0.25) is 11.9 Å². The zero-order chi connectivity index (χ0) is 18.1. The number of carbonyl (C=O) groups excluding carboxylic acids is 1. The summed E-state index contributed by atoms with van der Waals surface area (Å²) < 4.78 is 1.84. The molecule has 2 unspecified atom stereocenters. The van der Waals surface area contributed by atoms with Gasteiger partial charge in [0, 0.05) is 11.4 Å². The molecule has 0 radical (unpaired) electrons. The lowest BCUT2D eigenvalue weighted by Gasteiger charge is -2.39. The fourth-order valence-electron chi connectivity index (χ4n) is 3.57. The van der Waals surface area contributed by atoms with Gasteiger partial charge in [-0.25, -0.2) is 4.68 Å². The van der Waals surface area contributed by atoms with Gasteiger partial charge in [0.05, 0.1) is 12.1 Å². The van der Waals surface area contributed by atoms with Crippen molar-refractivity contribution in [1.82, 2.24) is 14.8 Å². The number of aromatic nitrogens is 3. The maximum absolute atomic E-state index is 12.7. The van der Waals surface area contributed by atoms with Gasteiger partial charge in [0.25, 0.3) is 0 Å². The summed E-state index contributed by atoms with van der Waals surface area (Å²) in [5.41, 5.74) is 2.20. The summed E-state index contributed by atoms with van der Waals surface area (Å²) in [6.07, 6.45) is 2.66. The minimum absolute atomic E-state index is 0.00382. The highest BCUT2D eigenvalue weighted by Gasteiger charge is 2.38. The topological polar surface area (TPSA) is 51.0 Å². The highest BCUT2D eigenvalue weighted by atomic mass is 35.5. The quantitative estimate of drug-likeness (QED) is 0.690. The van der Waals surface area contributed by atoms with E-state index < -0.39 is 0 Å². The van der Waals surface area contributed by atoms with E-state index >= 15 is 0 Å². The summed E-state index contributed by atoms with van der Waals surface area (Å²) in [5.74, 6) is 0.638. The third-order valence-corrected chi connectivity index (χ3v) is 5.09. The van der Waals surface area contributed by atoms with Crippen molar-refractivity contribution in [2.45, 2.75) is 31.8 Å². The Morgan fingerprint density at radius 3 is 2.46 bits per heavy atom. The van der Waals surface area contributed by atoms with Crippen LogP contribution in [0.2, 0.25) is 5.02 Å². The van der Waals surface area contributed by atoms with Crippen molar-refractivity contribution in [3.63, 3.8) is 0 Å². The monoisotopic (exact) mass is 366 g/mol. The van der Waals surface area contributed by atoms with Crippen molar-refractivity contribution in [3.05, 3.63) is 77.1 Å². The molecule has 1 aliphatic rings. The van der Waals surface area contributed by atoms with Gasteiger partial charge in [0.1, 0.15) is 6.33 Å². The van der Waals surface area contributed by atoms with Crippen LogP contribution < -0.4 is 4.90 Å². The zero-order valence-corrected chi connectivity index (χ0v) is 15.2. The maximum atomic E-state index is 12.7.